The van der Waals surface area contributed by atoms with E-state index in [0.717, 1.165) is 46.2 Å². The summed E-state index contributed by atoms with van der Waals surface area (Å²) in [5, 5.41) is 3.53. The fraction of sp³-hybridized carbons (Fsp3) is 0.333. The van der Waals surface area contributed by atoms with E-state index in [4.69, 9.17) is 9.98 Å². The average Bonchev–Trinajstić information content (AvgIpc) is 3.49. The number of pyridine rings is 3. The van der Waals surface area contributed by atoms with Crippen molar-refractivity contribution in [3.8, 4) is 11.1 Å². The Labute approximate surface area is 171 Å². The highest BCUT2D eigenvalue weighted by atomic mass is 15.0. The molecule has 0 aromatic carbocycles. The van der Waals surface area contributed by atoms with E-state index in [1.54, 1.807) is 0 Å². The predicted molar refractivity (Wildman–Crippen MR) is 117 cm³/mol. The zero-order valence-corrected chi connectivity index (χ0v) is 17.1. The number of hydrogen-bond donors (Lipinski definition) is 1. The Morgan fingerprint density at radius 1 is 1.03 bits per heavy atom. The van der Waals surface area contributed by atoms with E-state index >= 15 is 0 Å². The average molecular weight is 383 g/mol. The second-order valence-corrected chi connectivity index (χ2v) is 8.28. The van der Waals surface area contributed by atoms with Gasteiger partial charge in [0.05, 0.1) is 11.4 Å². The molecule has 0 radical (unpaired) electrons. The lowest BCUT2D eigenvalue weighted by molar-refractivity contribution is 0.819. The van der Waals surface area contributed by atoms with Gasteiger partial charge in [-0.15, -0.1) is 0 Å². The van der Waals surface area contributed by atoms with E-state index in [-0.39, 0.29) is 0 Å². The molecule has 3 aromatic heterocycles. The molecule has 1 aliphatic carbocycles. The largest absolute Gasteiger partial charge is 0.367 e. The minimum Gasteiger partial charge on any atom is -0.367 e. The van der Waals surface area contributed by atoms with Crippen LogP contribution in [0.5, 0.6) is 0 Å². The molecule has 3 aromatic rings. The van der Waals surface area contributed by atoms with E-state index < -0.39 is 0 Å². The van der Waals surface area contributed by atoms with Gasteiger partial charge in [-0.25, -0.2) is 4.98 Å². The van der Waals surface area contributed by atoms with Crippen LogP contribution in [-0.2, 0) is 0 Å². The van der Waals surface area contributed by atoms with Crippen LogP contribution in [0, 0.1) is 12.8 Å². The molecule has 0 amide bonds. The first-order chi connectivity index (χ1) is 14.1. The van der Waals surface area contributed by atoms with Crippen LogP contribution in [0.3, 0.4) is 0 Å². The van der Waals surface area contributed by atoms with Crippen LogP contribution >= 0.6 is 0 Å². The van der Waals surface area contributed by atoms with Gasteiger partial charge < -0.3 is 5.32 Å². The Kier molecular flexibility index (Phi) is 4.38. The molecule has 1 aliphatic heterocycles. The molecule has 2 atom stereocenters. The third kappa shape index (κ3) is 3.31. The lowest BCUT2D eigenvalue weighted by Crippen LogP contribution is -2.18. The summed E-state index contributed by atoms with van der Waals surface area (Å²) in [4.78, 5) is 18.9. The SMILES string of the molecule is Cc1ncccc1-c1ccnc(C2=NCC3CC3c3ccnc(NC(C)C)c32)c1. The highest BCUT2D eigenvalue weighted by molar-refractivity contribution is 6.16. The fourth-order valence-electron chi connectivity index (χ4n) is 4.26. The molecule has 0 saturated heterocycles. The topological polar surface area (TPSA) is 63.1 Å². The van der Waals surface area contributed by atoms with Crippen molar-refractivity contribution in [2.45, 2.75) is 39.2 Å². The van der Waals surface area contributed by atoms with E-state index in [1.165, 1.54) is 12.0 Å². The molecule has 0 bridgehead atoms. The second-order valence-electron chi connectivity index (χ2n) is 8.28. The molecule has 5 nitrogen and oxygen atoms in total. The van der Waals surface area contributed by atoms with Crippen LogP contribution in [0.15, 0.2) is 53.9 Å². The Morgan fingerprint density at radius 3 is 2.72 bits per heavy atom. The van der Waals surface area contributed by atoms with E-state index in [2.05, 4.69) is 47.3 Å². The molecule has 0 spiro atoms. The standard InChI is InChI=1S/C24H25N5/c1-14(2)29-24-22-19(7-10-27-24)20-11-17(20)13-28-23(22)21-12-16(6-9-26-21)18-5-4-8-25-15(18)3/h4-10,12,14,17,20H,11,13H2,1-3H3,(H,27,29). The molecule has 1 N–H and O–H groups in total. The van der Waals surface area contributed by atoms with Gasteiger partial charge in [-0.3, -0.25) is 15.0 Å². The third-order valence-electron chi connectivity index (χ3n) is 5.77. The number of aryl methyl sites for hydroxylation is 1. The van der Waals surface area contributed by atoms with Crippen molar-refractivity contribution in [1.82, 2.24) is 15.0 Å². The Hall–Kier alpha value is -3.08. The number of anilines is 1. The Bertz CT molecular complexity index is 1100. The summed E-state index contributed by atoms with van der Waals surface area (Å²) in [5.41, 5.74) is 7.58. The van der Waals surface area contributed by atoms with Gasteiger partial charge in [-0.05, 0) is 74.4 Å². The first-order valence-corrected chi connectivity index (χ1v) is 10.3. The molecule has 29 heavy (non-hydrogen) atoms. The number of fused-ring (bicyclic) bond motifs is 3. The molecule has 1 fully saturated rings. The summed E-state index contributed by atoms with van der Waals surface area (Å²) < 4.78 is 0. The summed E-state index contributed by atoms with van der Waals surface area (Å²) >= 11 is 0. The molecular weight excluding hydrogens is 358 g/mol. The minimum atomic E-state index is 0.297. The van der Waals surface area contributed by atoms with Gasteiger partial charge in [0.15, 0.2) is 0 Å². The summed E-state index contributed by atoms with van der Waals surface area (Å²) in [6.07, 6.45) is 6.84. The summed E-state index contributed by atoms with van der Waals surface area (Å²) in [6.45, 7) is 7.17. The molecular formula is C24H25N5. The van der Waals surface area contributed by atoms with E-state index in [0.29, 0.717) is 17.9 Å². The normalized spacial score (nSPS) is 19.8. The highest BCUT2D eigenvalue weighted by Gasteiger charge is 2.42. The van der Waals surface area contributed by atoms with Crippen molar-refractivity contribution in [3.05, 3.63) is 71.4 Å². The van der Waals surface area contributed by atoms with Crippen LogP contribution < -0.4 is 5.32 Å². The highest BCUT2D eigenvalue weighted by Crippen LogP contribution is 2.51. The minimum absolute atomic E-state index is 0.297. The zero-order valence-electron chi connectivity index (χ0n) is 17.1. The monoisotopic (exact) mass is 383 g/mol. The summed E-state index contributed by atoms with van der Waals surface area (Å²) in [7, 11) is 0. The third-order valence-corrected chi connectivity index (χ3v) is 5.77. The van der Waals surface area contributed by atoms with Crippen LogP contribution in [0.4, 0.5) is 5.82 Å². The van der Waals surface area contributed by atoms with Crippen molar-refractivity contribution in [1.29, 1.82) is 0 Å². The van der Waals surface area contributed by atoms with Crippen molar-refractivity contribution in [2.24, 2.45) is 10.9 Å². The van der Waals surface area contributed by atoms with Gasteiger partial charge in [0.2, 0.25) is 0 Å². The van der Waals surface area contributed by atoms with E-state index in [9.17, 15) is 0 Å². The van der Waals surface area contributed by atoms with Gasteiger partial charge in [0.25, 0.3) is 0 Å². The zero-order chi connectivity index (χ0) is 20.0. The number of hydrogen-bond acceptors (Lipinski definition) is 5. The fourth-order valence-corrected chi connectivity index (χ4v) is 4.26. The number of nitrogens with one attached hydrogen (secondary N) is 1. The van der Waals surface area contributed by atoms with Crippen molar-refractivity contribution < 1.29 is 0 Å². The molecule has 5 rings (SSSR count). The molecule has 146 valence electrons. The van der Waals surface area contributed by atoms with Gasteiger partial charge in [0, 0.05) is 48.0 Å². The van der Waals surface area contributed by atoms with Gasteiger partial charge in [-0.2, -0.15) is 0 Å². The van der Waals surface area contributed by atoms with Gasteiger partial charge >= 0.3 is 0 Å². The van der Waals surface area contributed by atoms with E-state index in [1.807, 2.05) is 37.6 Å². The van der Waals surface area contributed by atoms with Crippen LogP contribution in [0.1, 0.15) is 48.7 Å². The van der Waals surface area contributed by atoms with Crippen LogP contribution in [0.25, 0.3) is 11.1 Å². The lowest BCUT2D eigenvalue weighted by atomic mass is 9.96. The maximum Gasteiger partial charge on any atom is 0.135 e. The molecule has 5 heteroatoms. The maximum absolute atomic E-state index is 5.04. The molecule has 1 saturated carbocycles. The molecule has 2 unspecified atom stereocenters. The number of nitrogens with zero attached hydrogens (tertiary/aromatic N) is 4. The van der Waals surface area contributed by atoms with Crippen LogP contribution in [-0.4, -0.2) is 33.3 Å². The quantitative estimate of drug-likeness (QED) is 0.714. The summed E-state index contributed by atoms with van der Waals surface area (Å²) in [5.74, 6) is 2.14. The first-order valence-electron chi connectivity index (χ1n) is 10.3. The number of aliphatic imine (C=N–C) groups is 1. The van der Waals surface area contributed by atoms with Crippen molar-refractivity contribution in [2.75, 3.05) is 11.9 Å². The molecule has 2 aliphatic rings. The maximum atomic E-state index is 5.04. The Morgan fingerprint density at radius 2 is 1.90 bits per heavy atom. The number of aromatic nitrogens is 3. The first kappa shape index (κ1) is 18.0. The Balaban J connectivity index is 1.65. The lowest BCUT2D eigenvalue weighted by Gasteiger charge is -2.18. The summed E-state index contributed by atoms with van der Waals surface area (Å²) in [6, 6.07) is 10.7. The van der Waals surface area contributed by atoms with Gasteiger partial charge in [-0.1, -0.05) is 6.07 Å². The van der Waals surface area contributed by atoms with Crippen molar-refractivity contribution in [3.63, 3.8) is 0 Å². The molecule has 4 heterocycles. The predicted octanol–water partition coefficient (Wildman–Crippen LogP) is 4.62. The van der Waals surface area contributed by atoms with Crippen molar-refractivity contribution >= 4 is 11.5 Å². The second kappa shape index (κ2) is 7.07. The smallest absolute Gasteiger partial charge is 0.135 e. The van der Waals surface area contributed by atoms with Crippen LogP contribution in [0.2, 0.25) is 0 Å². The number of rotatable bonds is 4. The van der Waals surface area contributed by atoms with Gasteiger partial charge in [0.1, 0.15) is 5.82 Å².